The highest BCUT2D eigenvalue weighted by Gasteiger charge is 2.29. The van der Waals surface area contributed by atoms with Gasteiger partial charge in [-0.1, -0.05) is 36.4 Å². The van der Waals surface area contributed by atoms with E-state index in [0.717, 1.165) is 36.7 Å². The van der Waals surface area contributed by atoms with Crippen LogP contribution in [0.1, 0.15) is 25.0 Å². The van der Waals surface area contributed by atoms with Crippen LogP contribution in [0.25, 0.3) is 17.1 Å². The fourth-order valence-corrected chi connectivity index (χ4v) is 4.57. The Morgan fingerprint density at radius 1 is 1.12 bits per heavy atom. The van der Waals surface area contributed by atoms with E-state index in [0.29, 0.717) is 29.4 Å². The molecule has 0 saturated heterocycles. The molecule has 4 rings (SSSR count). The van der Waals surface area contributed by atoms with Crippen LogP contribution in [0.5, 0.6) is 0 Å². The predicted molar refractivity (Wildman–Crippen MR) is 118 cm³/mol. The first-order chi connectivity index (χ1) is 16.2. The maximum absolute atomic E-state index is 13.2. The van der Waals surface area contributed by atoms with E-state index >= 15 is 0 Å². The Labute approximate surface area is 196 Å². The van der Waals surface area contributed by atoms with Crippen molar-refractivity contribution in [2.24, 2.45) is 0 Å². The molecule has 0 spiro atoms. The number of hydrogen-bond donors (Lipinski definition) is 2. The smallest absolute Gasteiger partial charge is 0.329 e. The van der Waals surface area contributed by atoms with Gasteiger partial charge in [-0.15, -0.1) is 5.10 Å². The molecule has 0 atom stereocenters. The second kappa shape index (κ2) is 9.87. The first-order valence-electron chi connectivity index (χ1n) is 10.6. The lowest BCUT2D eigenvalue weighted by atomic mass is 10.1. The van der Waals surface area contributed by atoms with E-state index in [2.05, 4.69) is 10.1 Å². The Balaban J connectivity index is 1.59. The Morgan fingerprint density at radius 3 is 2.62 bits per heavy atom. The minimum atomic E-state index is -4.58. The number of para-hydroxylation sites is 1. The number of fused-ring (bicyclic) bond motifs is 3. The maximum Gasteiger partial charge on any atom is 0.405 e. The molecule has 1 aromatic carbocycles. The topological polar surface area (TPSA) is 111 Å². The largest absolute Gasteiger partial charge is 0.405 e. The van der Waals surface area contributed by atoms with Gasteiger partial charge in [-0.25, -0.2) is 9.78 Å². The number of urea groups is 1. The lowest BCUT2D eigenvalue weighted by molar-refractivity contribution is -0.124. The van der Waals surface area contributed by atoms with Crippen LogP contribution in [-0.4, -0.2) is 49.7 Å². The van der Waals surface area contributed by atoms with E-state index in [-0.39, 0.29) is 17.1 Å². The van der Waals surface area contributed by atoms with Crippen molar-refractivity contribution in [3.63, 3.8) is 0 Å². The molecule has 0 aliphatic carbocycles. The lowest BCUT2D eigenvalue weighted by Crippen LogP contribution is -2.44. The number of rotatable bonds is 5. The van der Waals surface area contributed by atoms with Crippen molar-refractivity contribution in [3.05, 3.63) is 46.4 Å². The average molecular weight is 494 g/mol. The quantitative estimate of drug-likeness (QED) is 0.417. The number of benzene rings is 1. The molecule has 13 heteroatoms. The fourth-order valence-electron chi connectivity index (χ4n) is 3.73. The van der Waals surface area contributed by atoms with Gasteiger partial charge >= 0.3 is 12.2 Å². The van der Waals surface area contributed by atoms with E-state index in [9.17, 15) is 27.6 Å². The van der Waals surface area contributed by atoms with E-state index in [4.69, 9.17) is 0 Å². The summed E-state index contributed by atoms with van der Waals surface area (Å²) in [7, 11) is 0. The number of carbonyl (C=O) groups is 2. The highest BCUT2D eigenvalue weighted by atomic mass is 32.2. The zero-order valence-electron chi connectivity index (χ0n) is 17.9. The minimum absolute atomic E-state index is 0.249. The van der Waals surface area contributed by atoms with E-state index < -0.39 is 24.7 Å². The van der Waals surface area contributed by atoms with Crippen molar-refractivity contribution in [1.29, 1.82) is 0 Å². The summed E-state index contributed by atoms with van der Waals surface area (Å²) in [5, 5.41) is 8.31. The van der Waals surface area contributed by atoms with E-state index in [1.165, 1.54) is 4.68 Å². The number of nitrogens with zero attached hydrogens (tertiary/aromatic N) is 4. The number of carbonyl (C=O) groups excluding carboxylic acids is 2. The number of hydrogen-bond acceptors (Lipinski definition) is 6. The highest BCUT2D eigenvalue weighted by molar-refractivity contribution is 7.99. The van der Waals surface area contributed by atoms with Gasteiger partial charge in [-0.05, 0) is 31.4 Å². The van der Waals surface area contributed by atoms with Crippen molar-refractivity contribution in [2.45, 2.75) is 43.6 Å². The zero-order valence-corrected chi connectivity index (χ0v) is 18.7. The van der Waals surface area contributed by atoms with Crippen LogP contribution >= 0.6 is 11.8 Å². The SMILES string of the molecule is O=C(CSc1nc2nn(-c3ccccc3)c(=O)c-2c2n1CCCCC2)NC(=O)NCC(F)(F)F. The molecule has 34 heavy (non-hydrogen) atoms. The molecule has 0 unspecified atom stereocenters. The van der Waals surface area contributed by atoms with Crippen LogP contribution in [0.4, 0.5) is 18.0 Å². The summed E-state index contributed by atoms with van der Waals surface area (Å²) in [5.74, 6) is -0.761. The van der Waals surface area contributed by atoms with Crippen LogP contribution in [0.15, 0.2) is 40.3 Å². The van der Waals surface area contributed by atoms with Crippen LogP contribution < -0.4 is 16.2 Å². The van der Waals surface area contributed by atoms with Gasteiger partial charge in [0.1, 0.15) is 12.1 Å². The maximum atomic E-state index is 13.2. The number of aromatic nitrogens is 4. The van der Waals surface area contributed by atoms with Gasteiger partial charge in [0.2, 0.25) is 5.91 Å². The average Bonchev–Trinajstić information content (AvgIpc) is 2.96. The van der Waals surface area contributed by atoms with Gasteiger partial charge in [-0.3, -0.25) is 14.9 Å². The Hall–Kier alpha value is -3.35. The fraction of sp³-hybridized carbons (Fsp3) is 0.381. The number of halogens is 3. The summed E-state index contributed by atoms with van der Waals surface area (Å²) in [6.07, 6.45) is -1.21. The predicted octanol–water partition coefficient (Wildman–Crippen LogP) is 2.74. The molecule has 3 heterocycles. The van der Waals surface area contributed by atoms with Gasteiger partial charge in [0, 0.05) is 12.2 Å². The first kappa shape index (κ1) is 23.8. The summed E-state index contributed by atoms with van der Waals surface area (Å²) in [6.45, 7) is -0.938. The van der Waals surface area contributed by atoms with Crippen LogP contribution in [0.3, 0.4) is 0 Å². The molecule has 3 amide bonds. The van der Waals surface area contributed by atoms with Gasteiger partial charge in [0.15, 0.2) is 11.0 Å². The van der Waals surface area contributed by atoms with Crippen molar-refractivity contribution >= 4 is 23.7 Å². The molecule has 180 valence electrons. The van der Waals surface area contributed by atoms with Crippen LogP contribution in [-0.2, 0) is 17.8 Å². The second-order valence-corrected chi connectivity index (χ2v) is 8.63. The van der Waals surface area contributed by atoms with Gasteiger partial charge in [0.05, 0.1) is 11.4 Å². The lowest BCUT2D eigenvalue weighted by Gasteiger charge is -2.17. The summed E-state index contributed by atoms with van der Waals surface area (Å²) >= 11 is 1.03. The number of imide groups is 1. The van der Waals surface area contributed by atoms with E-state index in [1.54, 1.807) is 29.6 Å². The number of amides is 3. The zero-order chi connectivity index (χ0) is 24.3. The van der Waals surface area contributed by atoms with Gasteiger partial charge in [-0.2, -0.15) is 17.9 Å². The summed E-state index contributed by atoms with van der Waals surface area (Å²) in [5.41, 5.74) is 1.57. The normalized spacial score (nSPS) is 13.9. The Kier molecular flexibility index (Phi) is 6.91. The molecule has 1 aromatic rings. The van der Waals surface area contributed by atoms with Crippen LogP contribution in [0, 0.1) is 0 Å². The first-order valence-corrected chi connectivity index (χ1v) is 11.6. The number of thioether (sulfide) groups is 1. The molecule has 9 nitrogen and oxygen atoms in total. The molecule has 0 fully saturated rings. The van der Waals surface area contributed by atoms with Gasteiger partial charge in [0.25, 0.3) is 5.56 Å². The minimum Gasteiger partial charge on any atom is -0.329 e. The number of alkyl halides is 3. The molecule has 0 saturated carbocycles. The van der Waals surface area contributed by atoms with Gasteiger partial charge < -0.3 is 9.88 Å². The second-order valence-electron chi connectivity index (χ2n) is 7.69. The highest BCUT2D eigenvalue weighted by Crippen LogP contribution is 2.30. The summed E-state index contributed by atoms with van der Waals surface area (Å²) in [4.78, 5) is 41.3. The molecule has 0 bridgehead atoms. The molecule has 3 aliphatic heterocycles. The van der Waals surface area contributed by atoms with Crippen molar-refractivity contribution in [3.8, 4) is 17.1 Å². The molecule has 0 aromatic heterocycles. The number of nitrogens with one attached hydrogen (secondary N) is 2. The summed E-state index contributed by atoms with van der Waals surface area (Å²) < 4.78 is 39.8. The summed E-state index contributed by atoms with van der Waals surface area (Å²) in [6, 6.07) is 7.74. The van der Waals surface area contributed by atoms with Crippen molar-refractivity contribution in [2.75, 3.05) is 12.3 Å². The molecule has 2 N–H and O–H groups in total. The molecule has 3 aliphatic rings. The third kappa shape index (κ3) is 5.41. The molecular weight excluding hydrogens is 473 g/mol. The third-order valence-electron chi connectivity index (χ3n) is 5.20. The third-order valence-corrected chi connectivity index (χ3v) is 6.18. The van der Waals surface area contributed by atoms with Crippen molar-refractivity contribution in [1.82, 2.24) is 30.0 Å². The molecular formula is C21H21F3N6O3S. The Bertz CT molecular complexity index is 1220. The monoisotopic (exact) mass is 494 g/mol. The van der Waals surface area contributed by atoms with E-state index in [1.807, 2.05) is 16.0 Å². The van der Waals surface area contributed by atoms with Crippen molar-refractivity contribution < 1.29 is 22.8 Å². The standard InChI is InChI=1S/C21H21F3N6O3S/c22-21(23,24)12-25-19(33)26-15(31)11-34-20-27-17-16(14-9-5-2-6-10-29(14)20)18(32)30(28-17)13-7-3-1-4-8-13/h1,3-4,7-8H,2,5-6,9-12H2,(H2,25,26,31,33). The van der Waals surface area contributed by atoms with Crippen LogP contribution in [0.2, 0.25) is 0 Å². The Morgan fingerprint density at radius 2 is 1.88 bits per heavy atom. The molecule has 0 radical (unpaired) electrons.